The van der Waals surface area contributed by atoms with Crippen molar-refractivity contribution in [3.05, 3.63) is 53.4 Å². The molecule has 5 heterocycles. The lowest BCUT2D eigenvalue weighted by Gasteiger charge is -2.32. The SMILES string of the molecule is Cc1ccc(-c2nc(N3CCO[C@@H](c4cnn(C)c4)C3)nc3nc(C)c(C)nc23)cn1. The van der Waals surface area contributed by atoms with Crippen LogP contribution in [-0.2, 0) is 11.8 Å². The van der Waals surface area contributed by atoms with Gasteiger partial charge in [-0.1, -0.05) is 0 Å². The lowest BCUT2D eigenvalue weighted by molar-refractivity contribution is 0.0392. The number of nitrogens with zero attached hydrogens (tertiary/aromatic N) is 8. The lowest BCUT2D eigenvalue weighted by Crippen LogP contribution is -2.39. The largest absolute Gasteiger partial charge is 0.370 e. The van der Waals surface area contributed by atoms with Crippen LogP contribution in [0.4, 0.5) is 5.95 Å². The van der Waals surface area contributed by atoms with E-state index in [2.05, 4.69) is 15.0 Å². The molecule has 31 heavy (non-hydrogen) atoms. The van der Waals surface area contributed by atoms with Crippen LogP contribution in [-0.4, -0.2) is 54.4 Å². The molecule has 0 aliphatic carbocycles. The normalized spacial score (nSPS) is 16.8. The van der Waals surface area contributed by atoms with Gasteiger partial charge in [0, 0.05) is 42.8 Å². The second-order valence-corrected chi connectivity index (χ2v) is 7.88. The average molecular weight is 416 g/mol. The highest BCUT2D eigenvalue weighted by molar-refractivity contribution is 5.87. The maximum atomic E-state index is 5.99. The summed E-state index contributed by atoms with van der Waals surface area (Å²) in [6.45, 7) is 7.79. The first-order valence-electron chi connectivity index (χ1n) is 10.3. The summed E-state index contributed by atoms with van der Waals surface area (Å²) >= 11 is 0. The van der Waals surface area contributed by atoms with Crippen molar-refractivity contribution in [1.82, 2.24) is 34.7 Å². The monoisotopic (exact) mass is 416 g/mol. The van der Waals surface area contributed by atoms with Crippen LogP contribution in [0.5, 0.6) is 0 Å². The Kier molecular flexibility index (Phi) is 4.82. The van der Waals surface area contributed by atoms with Crippen molar-refractivity contribution in [2.75, 3.05) is 24.6 Å². The Morgan fingerprint density at radius 1 is 1.00 bits per heavy atom. The van der Waals surface area contributed by atoms with Crippen LogP contribution in [0.2, 0.25) is 0 Å². The summed E-state index contributed by atoms with van der Waals surface area (Å²) in [5.41, 5.74) is 6.65. The second-order valence-electron chi connectivity index (χ2n) is 7.88. The van der Waals surface area contributed by atoms with Gasteiger partial charge in [0.1, 0.15) is 17.3 Å². The van der Waals surface area contributed by atoms with Gasteiger partial charge in [0.25, 0.3) is 0 Å². The van der Waals surface area contributed by atoms with Crippen LogP contribution in [0.15, 0.2) is 30.7 Å². The lowest BCUT2D eigenvalue weighted by atomic mass is 10.1. The molecule has 158 valence electrons. The molecule has 0 spiro atoms. The van der Waals surface area contributed by atoms with Gasteiger partial charge in [-0.05, 0) is 32.9 Å². The number of hydrogen-bond acceptors (Lipinski definition) is 8. The van der Waals surface area contributed by atoms with Crippen LogP contribution >= 0.6 is 0 Å². The fraction of sp³-hybridized carbons (Fsp3) is 0.364. The van der Waals surface area contributed by atoms with E-state index in [1.165, 1.54) is 0 Å². The smallest absolute Gasteiger partial charge is 0.228 e. The Morgan fingerprint density at radius 3 is 2.58 bits per heavy atom. The molecule has 1 aliphatic heterocycles. The van der Waals surface area contributed by atoms with E-state index >= 15 is 0 Å². The maximum Gasteiger partial charge on any atom is 0.228 e. The number of aryl methyl sites for hydroxylation is 4. The molecular formula is C22H24N8O. The van der Waals surface area contributed by atoms with E-state index in [4.69, 9.17) is 24.7 Å². The van der Waals surface area contributed by atoms with Gasteiger partial charge in [-0.2, -0.15) is 10.1 Å². The molecule has 0 N–H and O–H groups in total. The van der Waals surface area contributed by atoms with Gasteiger partial charge in [0.2, 0.25) is 5.95 Å². The van der Waals surface area contributed by atoms with Crippen LogP contribution in [0, 0.1) is 20.8 Å². The highest BCUT2D eigenvalue weighted by Gasteiger charge is 2.26. The summed E-state index contributed by atoms with van der Waals surface area (Å²) in [7, 11) is 1.90. The Bertz CT molecular complexity index is 1250. The van der Waals surface area contributed by atoms with E-state index in [9.17, 15) is 0 Å². The zero-order valence-corrected chi connectivity index (χ0v) is 18.1. The van der Waals surface area contributed by atoms with Crippen molar-refractivity contribution in [1.29, 1.82) is 0 Å². The highest BCUT2D eigenvalue weighted by atomic mass is 16.5. The minimum atomic E-state index is -0.0860. The fourth-order valence-electron chi connectivity index (χ4n) is 3.69. The van der Waals surface area contributed by atoms with Gasteiger partial charge in [-0.3, -0.25) is 9.67 Å². The van der Waals surface area contributed by atoms with Crippen molar-refractivity contribution >= 4 is 17.1 Å². The van der Waals surface area contributed by atoms with Gasteiger partial charge in [0.05, 0.1) is 30.7 Å². The van der Waals surface area contributed by atoms with Gasteiger partial charge < -0.3 is 9.64 Å². The minimum Gasteiger partial charge on any atom is -0.370 e. The predicted octanol–water partition coefficient (Wildman–Crippen LogP) is 2.72. The summed E-state index contributed by atoms with van der Waals surface area (Å²) in [5, 5.41) is 4.27. The number of rotatable bonds is 3. The van der Waals surface area contributed by atoms with E-state index < -0.39 is 0 Å². The third-order valence-electron chi connectivity index (χ3n) is 5.56. The third-order valence-corrected chi connectivity index (χ3v) is 5.56. The topological polar surface area (TPSA) is 94.7 Å². The van der Waals surface area contributed by atoms with Crippen molar-refractivity contribution in [2.45, 2.75) is 26.9 Å². The first-order valence-corrected chi connectivity index (χ1v) is 10.3. The molecule has 0 unspecified atom stereocenters. The molecule has 4 aromatic rings. The Balaban J connectivity index is 1.60. The van der Waals surface area contributed by atoms with E-state index in [-0.39, 0.29) is 6.10 Å². The summed E-state index contributed by atoms with van der Waals surface area (Å²) in [6, 6.07) is 3.99. The maximum absolute atomic E-state index is 5.99. The number of aromatic nitrogens is 7. The molecule has 0 aromatic carbocycles. The zero-order valence-electron chi connectivity index (χ0n) is 18.1. The second kappa shape index (κ2) is 7.66. The summed E-state index contributed by atoms with van der Waals surface area (Å²) in [5.74, 6) is 0.623. The van der Waals surface area contributed by atoms with Crippen LogP contribution in [0.1, 0.15) is 28.7 Å². The molecule has 0 saturated carbocycles. The molecule has 0 bridgehead atoms. The van der Waals surface area contributed by atoms with E-state index in [0.717, 1.165) is 33.9 Å². The van der Waals surface area contributed by atoms with Crippen LogP contribution in [0.3, 0.4) is 0 Å². The van der Waals surface area contributed by atoms with Crippen molar-refractivity contribution in [3.8, 4) is 11.3 Å². The Hall–Kier alpha value is -3.46. The first kappa shape index (κ1) is 19.5. The molecule has 1 fully saturated rings. The fourth-order valence-corrected chi connectivity index (χ4v) is 3.69. The first-order chi connectivity index (χ1) is 15.0. The van der Waals surface area contributed by atoms with Gasteiger partial charge in [-0.25, -0.2) is 15.0 Å². The van der Waals surface area contributed by atoms with E-state index in [1.807, 2.05) is 58.5 Å². The number of anilines is 1. The van der Waals surface area contributed by atoms with Gasteiger partial charge in [0.15, 0.2) is 5.65 Å². The molecule has 0 radical (unpaired) electrons. The quantitative estimate of drug-likeness (QED) is 0.503. The van der Waals surface area contributed by atoms with E-state index in [1.54, 1.807) is 4.68 Å². The summed E-state index contributed by atoms with van der Waals surface area (Å²) < 4.78 is 7.78. The molecule has 1 atom stereocenters. The molecule has 0 amide bonds. The third kappa shape index (κ3) is 3.72. The van der Waals surface area contributed by atoms with Crippen molar-refractivity contribution in [3.63, 3.8) is 0 Å². The van der Waals surface area contributed by atoms with E-state index in [0.29, 0.717) is 36.8 Å². The number of hydrogen-bond donors (Lipinski definition) is 0. The summed E-state index contributed by atoms with van der Waals surface area (Å²) in [4.78, 5) is 25.8. The van der Waals surface area contributed by atoms with Crippen molar-refractivity contribution in [2.24, 2.45) is 7.05 Å². The minimum absolute atomic E-state index is 0.0860. The van der Waals surface area contributed by atoms with Gasteiger partial charge in [-0.15, -0.1) is 0 Å². The highest BCUT2D eigenvalue weighted by Crippen LogP contribution is 2.29. The molecule has 9 nitrogen and oxygen atoms in total. The number of fused-ring (bicyclic) bond motifs is 1. The number of ether oxygens (including phenoxy) is 1. The molecule has 9 heteroatoms. The van der Waals surface area contributed by atoms with Gasteiger partial charge >= 0.3 is 0 Å². The predicted molar refractivity (Wildman–Crippen MR) is 117 cm³/mol. The molecule has 1 saturated heterocycles. The Morgan fingerprint density at radius 2 is 1.84 bits per heavy atom. The number of pyridine rings is 1. The zero-order chi connectivity index (χ0) is 21.5. The van der Waals surface area contributed by atoms with Crippen LogP contribution in [0.25, 0.3) is 22.4 Å². The molecular weight excluding hydrogens is 392 g/mol. The average Bonchev–Trinajstić information content (AvgIpc) is 3.21. The molecule has 4 aromatic heterocycles. The standard InChI is InChI=1S/C22H24N8O/c1-13-5-6-16(9-23-13)19-20-21(26-15(3)14(2)25-20)28-22(27-19)30-7-8-31-18(12-30)17-10-24-29(4)11-17/h5-6,9-11,18H,7-8,12H2,1-4H3/t18-/m1/s1. The number of morpholine rings is 1. The van der Waals surface area contributed by atoms with Crippen LogP contribution < -0.4 is 4.90 Å². The van der Waals surface area contributed by atoms with Crippen molar-refractivity contribution < 1.29 is 4.74 Å². The molecule has 1 aliphatic rings. The summed E-state index contributed by atoms with van der Waals surface area (Å²) in [6.07, 6.45) is 5.57. The Labute approximate surface area is 180 Å². The molecule has 5 rings (SSSR count).